The number of amides is 1. The topological polar surface area (TPSA) is 61.9 Å². The van der Waals surface area contributed by atoms with E-state index in [1.54, 1.807) is 14.0 Å². The van der Waals surface area contributed by atoms with Crippen LogP contribution >= 0.6 is 0 Å². The van der Waals surface area contributed by atoms with Gasteiger partial charge in [-0.05, 0) is 37.3 Å². The number of nitrogens with zero attached hydrogens (tertiary/aromatic N) is 2. The standard InChI is InChI=1S/C22H27N3O3/c1-17(26)18-7-9-20(10-8-18)25-13-11-24(12-14-25)16-22(27)23-15-19-5-3-4-6-21(19)28-2/h3-10H,11-16H2,1-2H3,(H,23,27). The van der Waals surface area contributed by atoms with E-state index in [-0.39, 0.29) is 11.7 Å². The summed E-state index contributed by atoms with van der Waals surface area (Å²) in [6, 6.07) is 15.4. The van der Waals surface area contributed by atoms with E-state index < -0.39 is 0 Å². The molecule has 1 aliphatic heterocycles. The van der Waals surface area contributed by atoms with Crippen LogP contribution in [0.4, 0.5) is 5.69 Å². The lowest BCUT2D eigenvalue weighted by Gasteiger charge is -2.35. The Balaban J connectivity index is 1.44. The van der Waals surface area contributed by atoms with Crippen molar-refractivity contribution in [3.63, 3.8) is 0 Å². The zero-order valence-electron chi connectivity index (χ0n) is 16.5. The third-order valence-corrected chi connectivity index (χ3v) is 5.05. The molecule has 0 unspecified atom stereocenters. The number of piperazine rings is 1. The second-order valence-electron chi connectivity index (χ2n) is 6.95. The highest BCUT2D eigenvalue weighted by atomic mass is 16.5. The molecule has 1 N–H and O–H groups in total. The summed E-state index contributed by atoms with van der Waals surface area (Å²) in [5.74, 6) is 0.882. The summed E-state index contributed by atoms with van der Waals surface area (Å²) in [4.78, 5) is 28.1. The molecule has 6 nitrogen and oxygen atoms in total. The summed E-state index contributed by atoms with van der Waals surface area (Å²) >= 11 is 0. The van der Waals surface area contributed by atoms with Crippen LogP contribution in [0.1, 0.15) is 22.8 Å². The average molecular weight is 381 g/mol. The number of rotatable bonds is 7. The van der Waals surface area contributed by atoms with Crippen LogP contribution in [0, 0.1) is 0 Å². The summed E-state index contributed by atoms with van der Waals surface area (Å²) < 4.78 is 5.32. The maximum absolute atomic E-state index is 12.3. The fraction of sp³-hybridized carbons (Fsp3) is 0.364. The molecule has 1 fully saturated rings. The number of carbonyl (C=O) groups excluding carboxylic acids is 2. The van der Waals surface area contributed by atoms with Crippen LogP contribution in [-0.2, 0) is 11.3 Å². The molecule has 28 heavy (non-hydrogen) atoms. The van der Waals surface area contributed by atoms with Crippen LogP contribution in [-0.4, -0.2) is 56.4 Å². The minimum Gasteiger partial charge on any atom is -0.496 e. The highest BCUT2D eigenvalue weighted by molar-refractivity contribution is 5.94. The summed E-state index contributed by atoms with van der Waals surface area (Å²) in [5, 5.41) is 2.97. The molecule has 0 spiro atoms. The molecule has 1 heterocycles. The van der Waals surface area contributed by atoms with E-state index >= 15 is 0 Å². The number of Topliss-reactive ketones (excluding diaryl/α,β-unsaturated/α-hetero) is 1. The molecule has 2 aromatic carbocycles. The van der Waals surface area contributed by atoms with Crippen molar-refractivity contribution < 1.29 is 14.3 Å². The van der Waals surface area contributed by atoms with Gasteiger partial charge in [-0.25, -0.2) is 0 Å². The Labute approximate surface area is 166 Å². The van der Waals surface area contributed by atoms with Gasteiger partial charge >= 0.3 is 0 Å². The number of methoxy groups -OCH3 is 1. The van der Waals surface area contributed by atoms with Crippen LogP contribution < -0.4 is 15.0 Å². The van der Waals surface area contributed by atoms with Crippen molar-refractivity contribution in [1.82, 2.24) is 10.2 Å². The van der Waals surface area contributed by atoms with Gasteiger partial charge in [0.15, 0.2) is 5.78 Å². The number of carbonyl (C=O) groups is 2. The first-order chi connectivity index (χ1) is 13.6. The molecule has 0 aromatic heterocycles. The number of ether oxygens (including phenoxy) is 1. The molecular weight excluding hydrogens is 354 g/mol. The van der Waals surface area contributed by atoms with Gasteiger partial charge < -0.3 is 15.0 Å². The monoisotopic (exact) mass is 381 g/mol. The molecule has 3 rings (SSSR count). The number of benzene rings is 2. The molecule has 0 saturated carbocycles. The van der Waals surface area contributed by atoms with Crippen LogP contribution in [0.25, 0.3) is 0 Å². The zero-order chi connectivity index (χ0) is 19.9. The first-order valence-corrected chi connectivity index (χ1v) is 9.53. The molecule has 6 heteroatoms. The molecule has 0 bridgehead atoms. The number of anilines is 1. The van der Waals surface area contributed by atoms with Crippen molar-refractivity contribution in [2.45, 2.75) is 13.5 Å². The minimum atomic E-state index is 0.0187. The first-order valence-electron chi connectivity index (χ1n) is 9.53. The fourth-order valence-corrected chi connectivity index (χ4v) is 3.37. The van der Waals surface area contributed by atoms with Gasteiger partial charge in [0.1, 0.15) is 5.75 Å². The predicted octanol–water partition coefficient (Wildman–Crippen LogP) is 2.34. The minimum absolute atomic E-state index is 0.0187. The van der Waals surface area contributed by atoms with Crippen LogP contribution in [0.2, 0.25) is 0 Å². The van der Waals surface area contributed by atoms with E-state index in [0.29, 0.717) is 13.1 Å². The van der Waals surface area contributed by atoms with E-state index in [1.807, 2.05) is 48.5 Å². The largest absolute Gasteiger partial charge is 0.496 e. The lowest BCUT2D eigenvalue weighted by Crippen LogP contribution is -2.49. The third kappa shape index (κ3) is 5.10. The lowest BCUT2D eigenvalue weighted by atomic mass is 10.1. The summed E-state index contributed by atoms with van der Waals surface area (Å²) in [6.07, 6.45) is 0. The fourth-order valence-electron chi connectivity index (χ4n) is 3.37. The van der Waals surface area contributed by atoms with Crippen molar-refractivity contribution in [3.8, 4) is 5.75 Å². The maximum atomic E-state index is 12.3. The summed E-state index contributed by atoms with van der Waals surface area (Å²) in [6.45, 7) is 5.82. The Morgan fingerprint density at radius 2 is 1.68 bits per heavy atom. The van der Waals surface area contributed by atoms with E-state index in [1.165, 1.54) is 0 Å². The second-order valence-corrected chi connectivity index (χ2v) is 6.95. The SMILES string of the molecule is COc1ccccc1CNC(=O)CN1CCN(c2ccc(C(C)=O)cc2)CC1. The lowest BCUT2D eigenvalue weighted by molar-refractivity contribution is -0.122. The highest BCUT2D eigenvalue weighted by Crippen LogP contribution is 2.18. The molecule has 1 amide bonds. The average Bonchev–Trinajstić information content (AvgIpc) is 2.73. The van der Waals surface area contributed by atoms with E-state index in [9.17, 15) is 9.59 Å². The van der Waals surface area contributed by atoms with Gasteiger partial charge in [-0.1, -0.05) is 18.2 Å². The molecule has 1 aliphatic rings. The zero-order valence-corrected chi connectivity index (χ0v) is 16.5. The van der Waals surface area contributed by atoms with Gasteiger partial charge in [0.25, 0.3) is 0 Å². The van der Waals surface area contributed by atoms with Crippen molar-refractivity contribution >= 4 is 17.4 Å². The van der Waals surface area contributed by atoms with Gasteiger partial charge in [0.2, 0.25) is 5.91 Å². The van der Waals surface area contributed by atoms with E-state index in [4.69, 9.17) is 4.74 Å². The van der Waals surface area contributed by atoms with Gasteiger partial charge in [-0.2, -0.15) is 0 Å². The second kappa shape index (κ2) is 9.37. The number of para-hydroxylation sites is 1. The van der Waals surface area contributed by atoms with Crippen molar-refractivity contribution in [2.24, 2.45) is 0 Å². The number of hydrogen-bond acceptors (Lipinski definition) is 5. The van der Waals surface area contributed by atoms with Crippen molar-refractivity contribution in [1.29, 1.82) is 0 Å². The van der Waals surface area contributed by atoms with Crippen molar-refractivity contribution in [3.05, 3.63) is 59.7 Å². The number of hydrogen-bond donors (Lipinski definition) is 1. The summed E-state index contributed by atoms with van der Waals surface area (Å²) in [7, 11) is 1.63. The quantitative estimate of drug-likeness (QED) is 0.746. The Kier molecular flexibility index (Phi) is 6.66. The highest BCUT2D eigenvalue weighted by Gasteiger charge is 2.19. The maximum Gasteiger partial charge on any atom is 0.234 e. The van der Waals surface area contributed by atoms with Gasteiger partial charge in [-0.15, -0.1) is 0 Å². The van der Waals surface area contributed by atoms with E-state index in [0.717, 1.165) is 48.7 Å². The molecular formula is C22H27N3O3. The smallest absolute Gasteiger partial charge is 0.234 e. The van der Waals surface area contributed by atoms with Gasteiger partial charge in [0, 0.05) is 49.5 Å². The predicted molar refractivity (Wildman–Crippen MR) is 110 cm³/mol. The molecule has 2 aromatic rings. The normalized spacial score (nSPS) is 14.6. The number of nitrogens with one attached hydrogen (secondary N) is 1. The van der Waals surface area contributed by atoms with Crippen LogP contribution in [0.3, 0.4) is 0 Å². The molecule has 0 radical (unpaired) electrons. The molecule has 1 saturated heterocycles. The van der Waals surface area contributed by atoms with E-state index in [2.05, 4.69) is 15.1 Å². The Bertz CT molecular complexity index is 812. The van der Waals surface area contributed by atoms with Crippen LogP contribution in [0.15, 0.2) is 48.5 Å². The Hall–Kier alpha value is -2.86. The van der Waals surface area contributed by atoms with Gasteiger partial charge in [-0.3, -0.25) is 14.5 Å². The third-order valence-electron chi connectivity index (χ3n) is 5.05. The summed E-state index contributed by atoms with van der Waals surface area (Å²) in [5.41, 5.74) is 2.82. The molecule has 0 atom stereocenters. The molecule has 148 valence electrons. The Morgan fingerprint density at radius 3 is 2.32 bits per heavy atom. The first kappa shape index (κ1) is 19.9. The Morgan fingerprint density at radius 1 is 1.00 bits per heavy atom. The van der Waals surface area contributed by atoms with Gasteiger partial charge in [0.05, 0.1) is 13.7 Å². The molecule has 0 aliphatic carbocycles. The number of ketones is 1. The van der Waals surface area contributed by atoms with Crippen molar-refractivity contribution in [2.75, 3.05) is 44.7 Å². The van der Waals surface area contributed by atoms with Crippen LogP contribution in [0.5, 0.6) is 5.75 Å².